The van der Waals surface area contributed by atoms with Gasteiger partial charge in [-0.25, -0.2) is 0 Å². The van der Waals surface area contributed by atoms with Crippen molar-refractivity contribution in [2.45, 2.75) is 23.9 Å². The van der Waals surface area contributed by atoms with E-state index in [4.69, 9.17) is 23.2 Å². The molecule has 0 bridgehead atoms. The van der Waals surface area contributed by atoms with E-state index in [0.29, 0.717) is 5.02 Å². The van der Waals surface area contributed by atoms with Gasteiger partial charge in [-0.1, -0.05) is 47.1 Å². The second-order valence-electron chi connectivity index (χ2n) is 6.21. The Labute approximate surface area is 168 Å². The zero-order valence-electron chi connectivity index (χ0n) is 14.9. The maximum Gasteiger partial charge on any atom is 0.196 e. The van der Waals surface area contributed by atoms with Crippen LogP contribution >= 0.6 is 35.0 Å². The Balaban J connectivity index is 1.93. The van der Waals surface area contributed by atoms with Crippen molar-refractivity contribution >= 4 is 35.0 Å². The number of thioether (sulfide) groups is 1. The lowest BCUT2D eigenvalue weighted by Gasteiger charge is -2.20. The third-order valence-electron chi connectivity index (χ3n) is 4.17. The number of hydrogen-bond acceptors (Lipinski definition) is 4. The van der Waals surface area contributed by atoms with Crippen molar-refractivity contribution in [2.24, 2.45) is 0 Å². The molecule has 0 saturated heterocycles. The van der Waals surface area contributed by atoms with E-state index >= 15 is 0 Å². The van der Waals surface area contributed by atoms with Gasteiger partial charge in [0.2, 0.25) is 0 Å². The third kappa shape index (κ3) is 4.41. The van der Waals surface area contributed by atoms with E-state index in [-0.39, 0.29) is 6.04 Å². The van der Waals surface area contributed by atoms with E-state index in [0.717, 1.165) is 27.4 Å². The summed E-state index contributed by atoms with van der Waals surface area (Å²) in [7, 11) is 4.07. The molecule has 1 heterocycles. The first kappa shape index (κ1) is 19.2. The molecule has 3 rings (SSSR count). The Kier molecular flexibility index (Phi) is 6.24. The Morgan fingerprint density at radius 1 is 0.962 bits per heavy atom. The highest BCUT2D eigenvalue weighted by atomic mass is 35.5. The first-order chi connectivity index (χ1) is 12.5. The molecule has 0 N–H and O–H groups in total. The van der Waals surface area contributed by atoms with E-state index in [1.807, 2.05) is 62.6 Å². The lowest BCUT2D eigenvalue weighted by atomic mass is 10.2. The zero-order chi connectivity index (χ0) is 18.7. The lowest BCUT2D eigenvalue weighted by Crippen LogP contribution is -2.20. The normalized spacial score (nSPS) is 12.5. The molecule has 0 aliphatic carbocycles. The van der Waals surface area contributed by atoms with Crippen LogP contribution in [0.15, 0.2) is 53.7 Å². The Morgan fingerprint density at radius 2 is 1.54 bits per heavy atom. The highest BCUT2D eigenvalue weighted by Gasteiger charge is 2.21. The fourth-order valence-electron chi connectivity index (χ4n) is 2.44. The summed E-state index contributed by atoms with van der Waals surface area (Å²) in [6, 6.07) is 15.7. The van der Waals surface area contributed by atoms with E-state index in [1.54, 1.807) is 11.8 Å². The molecule has 4 nitrogen and oxygen atoms in total. The van der Waals surface area contributed by atoms with Gasteiger partial charge >= 0.3 is 0 Å². The van der Waals surface area contributed by atoms with Gasteiger partial charge in [0.25, 0.3) is 0 Å². The first-order valence-corrected chi connectivity index (χ1v) is 9.95. The maximum absolute atomic E-state index is 6.05. The highest BCUT2D eigenvalue weighted by molar-refractivity contribution is 7.98. The fourth-order valence-corrected chi connectivity index (χ4v) is 3.60. The summed E-state index contributed by atoms with van der Waals surface area (Å²) in [5.41, 5.74) is 2.19. The molecule has 1 atom stereocenters. The van der Waals surface area contributed by atoms with Crippen LogP contribution in [0.5, 0.6) is 0 Å². The number of hydrogen-bond donors (Lipinski definition) is 0. The van der Waals surface area contributed by atoms with Crippen molar-refractivity contribution in [3.05, 3.63) is 70.0 Å². The second-order valence-corrected chi connectivity index (χ2v) is 8.02. The van der Waals surface area contributed by atoms with Crippen molar-refractivity contribution in [1.82, 2.24) is 19.7 Å². The molecule has 2 aromatic carbocycles. The van der Waals surface area contributed by atoms with Gasteiger partial charge in [0, 0.05) is 21.5 Å². The molecule has 0 fully saturated rings. The number of halogens is 2. The minimum atomic E-state index is 0.128. The third-order valence-corrected chi connectivity index (χ3v) is 5.68. The molecule has 7 heteroatoms. The number of nitrogens with zero attached hydrogens (tertiary/aromatic N) is 4. The minimum Gasteiger partial charge on any atom is -0.300 e. The van der Waals surface area contributed by atoms with Gasteiger partial charge in [0.15, 0.2) is 11.0 Å². The van der Waals surface area contributed by atoms with Crippen molar-refractivity contribution in [1.29, 1.82) is 0 Å². The van der Waals surface area contributed by atoms with E-state index in [1.165, 1.54) is 5.56 Å². The molecule has 0 saturated carbocycles. The average Bonchev–Trinajstić information content (AvgIpc) is 3.05. The minimum absolute atomic E-state index is 0.128. The van der Waals surface area contributed by atoms with E-state index < -0.39 is 0 Å². The molecule has 3 aromatic rings. The van der Waals surface area contributed by atoms with Crippen LogP contribution in [0.25, 0.3) is 5.69 Å². The van der Waals surface area contributed by atoms with Crippen molar-refractivity contribution in [3.8, 4) is 5.69 Å². The molecule has 1 unspecified atom stereocenters. The van der Waals surface area contributed by atoms with Gasteiger partial charge in [0.05, 0.1) is 6.04 Å². The van der Waals surface area contributed by atoms with Crippen LogP contribution in [0.1, 0.15) is 24.4 Å². The molecule has 136 valence electrons. The van der Waals surface area contributed by atoms with Crippen LogP contribution in [0.3, 0.4) is 0 Å². The molecule has 26 heavy (non-hydrogen) atoms. The molecule has 0 amide bonds. The van der Waals surface area contributed by atoms with Crippen molar-refractivity contribution in [3.63, 3.8) is 0 Å². The zero-order valence-corrected chi connectivity index (χ0v) is 17.2. The smallest absolute Gasteiger partial charge is 0.196 e. The highest BCUT2D eigenvalue weighted by Crippen LogP contribution is 2.29. The van der Waals surface area contributed by atoms with Gasteiger partial charge in [-0.2, -0.15) is 0 Å². The summed E-state index contributed by atoms with van der Waals surface area (Å²) in [5.74, 6) is 1.69. The van der Waals surface area contributed by atoms with Crippen LogP contribution < -0.4 is 0 Å². The van der Waals surface area contributed by atoms with Crippen LogP contribution in [0.4, 0.5) is 0 Å². The molecular formula is C19H20Cl2N4S. The quantitative estimate of drug-likeness (QED) is 0.506. The second kappa shape index (κ2) is 8.44. The summed E-state index contributed by atoms with van der Waals surface area (Å²) >= 11 is 13.7. The first-order valence-electron chi connectivity index (χ1n) is 8.20. The topological polar surface area (TPSA) is 34.0 Å². The molecule has 1 aromatic heterocycles. The summed E-state index contributed by atoms with van der Waals surface area (Å²) in [6.45, 7) is 2.12. The van der Waals surface area contributed by atoms with Crippen LogP contribution in [-0.4, -0.2) is 33.8 Å². The fraction of sp³-hybridized carbons (Fsp3) is 0.263. The van der Waals surface area contributed by atoms with Crippen molar-refractivity contribution < 1.29 is 0 Å². The van der Waals surface area contributed by atoms with Crippen molar-refractivity contribution in [2.75, 3.05) is 14.1 Å². The van der Waals surface area contributed by atoms with Gasteiger partial charge < -0.3 is 0 Å². The molecule has 0 aliphatic rings. The molecular weight excluding hydrogens is 387 g/mol. The SMILES string of the molecule is CC(c1nnc(SCc2ccc(Cl)cc2)n1-c1ccc(Cl)cc1)N(C)C. The summed E-state index contributed by atoms with van der Waals surface area (Å²) in [4.78, 5) is 2.12. The van der Waals surface area contributed by atoms with Crippen LogP contribution in [0, 0.1) is 0 Å². The molecule has 0 aliphatic heterocycles. The Hall–Kier alpha value is -1.53. The number of rotatable bonds is 6. The van der Waals surface area contributed by atoms with Gasteiger partial charge in [-0.15, -0.1) is 10.2 Å². The van der Waals surface area contributed by atoms with E-state index in [2.05, 4.69) is 26.6 Å². The summed E-state index contributed by atoms with van der Waals surface area (Å²) in [5, 5.41) is 11.2. The lowest BCUT2D eigenvalue weighted by molar-refractivity contribution is 0.305. The largest absolute Gasteiger partial charge is 0.300 e. The number of benzene rings is 2. The van der Waals surface area contributed by atoms with E-state index in [9.17, 15) is 0 Å². The summed E-state index contributed by atoms with van der Waals surface area (Å²) < 4.78 is 2.10. The number of aromatic nitrogens is 3. The van der Waals surface area contributed by atoms with Gasteiger partial charge in [-0.05, 0) is 63.0 Å². The van der Waals surface area contributed by atoms with Gasteiger partial charge in [0.1, 0.15) is 0 Å². The average molecular weight is 407 g/mol. The standard InChI is InChI=1S/C19H20Cl2N4S/c1-13(24(2)3)18-22-23-19(25(18)17-10-8-16(21)9-11-17)26-12-14-4-6-15(20)7-5-14/h4-11,13H,12H2,1-3H3. The predicted octanol–water partition coefficient (Wildman–Crippen LogP) is 5.49. The monoisotopic (exact) mass is 406 g/mol. The predicted molar refractivity (Wildman–Crippen MR) is 109 cm³/mol. The Bertz CT molecular complexity index is 860. The molecule has 0 spiro atoms. The maximum atomic E-state index is 6.05. The molecule has 0 radical (unpaired) electrons. The van der Waals surface area contributed by atoms with Crippen LogP contribution in [-0.2, 0) is 5.75 Å². The summed E-state index contributed by atoms with van der Waals surface area (Å²) in [6.07, 6.45) is 0. The van der Waals surface area contributed by atoms with Gasteiger partial charge in [-0.3, -0.25) is 9.47 Å². The van der Waals surface area contributed by atoms with Crippen LogP contribution in [0.2, 0.25) is 10.0 Å². The Morgan fingerprint density at radius 3 is 2.12 bits per heavy atom.